The summed E-state index contributed by atoms with van der Waals surface area (Å²) in [6.07, 6.45) is 7.42. The Morgan fingerprint density at radius 1 is 0.911 bits per heavy atom. The van der Waals surface area contributed by atoms with Crippen LogP contribution in [-0.4, -0.2) is 60.2 Å². The van der Waals surface area contributed by atoms with Gasteiger partial charge in [-0.15, -0.1) is 11.8 Å². The second-order valence-electron chi connectivity index (χ2n) is 15.5. The lowest BCUT2D eigenvalue weighted by atomic mass is 9.84. The Hall–Kier alpha value is -3.86. The van der Waals surface area contributed by atoms with E-state index in [1.54, 1.807) is 0 Å². The highest BCUT2D eigenvalue weighted by Crippen LogP contribution is 2.40. The van der Waals surface area contributed by atoms with Crippen LogP contribution in [0.5, 0.6) is 0 Å². The number of H-pyrrole nitrogens is 2. The van der Waals surface area contributed by atoms with E-state index in [1.807, 2.05) is 17.8 Å². The molecule has 0 spiro atoms. The molecule has 0 radical (unpaired) electrons. The maximum absolute atomic E-state index is 13.4. The van der Waals surface area contributed by atoms with Crippen LogP contribution >= 0.6 is 23.5 Å². The number of carbonyl (C=O) groups excluding carboxylic acids is 2. The second-order valence-corrected chi connectivity index (χ2v) is 17.9. The third-order valence-electron chi connectivity index (χ3n) is 11.9. The minimum absolute atomic E-state index is 0.0447. The highest BCUT2D eigenvalue weighted by Gasteiger charge is 2.42. The van der Waals surface area contributed by atoms with Crippen LogP contribution in [0, 0.1) is 32.6 Å². The van der Waals surface area contributed by atoms with Gasteiger partial charge in [0.15, 0.2) is 5.12 Å². The number of nitrogens with one attached hydrogen (secondary N) is 2. The molecule has 10 heteroatoms. The Morgan fingerprint density at radius 2 is 1.62 bits per heavy atom. The van der Waals surface area contributed by atoms with Crippen LogP contribution in [0.1, 0.15) is 125 Å². The Balaban J connectivity index is 1.22. The molecule has 3 aromatic heterocycles. The third kappa shape index (κ3) is 8.53. The standard InChI is InChI=1S/C46H58N4O4S2/c1-12-32-28(8)38-23-41-33(13-2)27(7)37(48-41)22-39-29(9)34(44(50-39)30(10)36-20-24(4)35(47-36)21-40(32)49-38)16-17-43(52)55-18-15-19-56-46-26(6)25(5)45(53-31(11)51)42(14-3)54-46/h13,20-23,25-26,42,45-46,48-49H,2,12,14-19H2,1,3-11H3/t25-,26-,42-,45+,46+/m1/s1. The van der Waals surface area contributed by atoms with Gasteiger partial charge in [-0.25, -0.2) is 9.97 Å². The highest BCUT2D eigenvalue weighted by molar-refractivity contribution is 8.13. The molecule has 56 heavy (non-hydrogen) atoms. The number of esters is 1. The van der Waals surface area contributed by atoms with Gasteiger partial charge in [0.05, 0.1) is 28.9 Å². The van der Waals surface area contributed by atoms with Crippen molar-refractivity contribution in [2.75, 3.05) is 11.5 Å². The predicted octanol–water partition coefficient (Wildman–Crippen LogP) is 11.4. The molecule has 3 aromatic rings. The number of fused-ring (bicyclic) bond motifs is 8. The van der Waals surface area contributed by atoms with Crippen molar-refractivity contribution in [3.63, 3.8) is 0 Å². The molecule has 3 aliphatic rings. The number of nitrogens with zero attached hydrogens (tertiary/aromatic N) is 2. The molecule has 8 bridgehead atoms. The lowest BCUT2D eigenvalue weighted by Gasteiger charge is -2.43. The zero-order valence-corrected chi connectivity index (χ0v) is 36.4. The van der Waals surface area contributed by atoms with Gasteiger partial charge in [0, 0.05) is 58.2 Å². The maximum atomic E-state index is 13.4. The van der Waals surface area contributed by atoms with E-state index >= 15 is 0 Å². The highest BCUT2D eigenvalue weighted by atomic mass is 32.2. The summed E-state index contributed by atoms with van der Waals surface area (Å²) in [6.45, 7) is 24.9. The largest absolute Gasteiger partial charge is 0.459 e. The number of aryl methyl sites for hydroxylation is 3. The van der Waals surface area contributed by atoms with E-state index in [0.717, 1.165) is 109 Å². The minimum atomic E-state index is -0.257. The molecule has 6 heterocycles. The fourth-order valence-electron chi connectivity index (χ4n) is 8.24. The molecule has 1 fully saturated rings. The first-order valence-corrected chi connectivity index (χ1v) is 22.1. The number of carbonyl (C=O) groups is 2. The molecule has 0 unspecified atom stereocenters. The Morgan fingerprint density at radius 3 is 2.32 bits per heavy atom. The third-order valence-corrected chi connectivity index (χ3v) is 14.3. The van der Waals surface area contributed by atoms with E-state index in [9.17, 15) is 9.59 Å². The molecule has 0 saturated carbocycles. The Bertz CT molecular complexity index is 2260. The zero-order valence-electron chi connectivity index (χ0n) is 34.8. The van der Waals surface area contributed by atoms with Crippen molar-refractivity contribution in [1.82, 2.24) is 19.9 Å². The van der Waals surface area contributed by atoms with Crippen LogP contribution in [0.3, 0.4) is 0 Å². The summed E-state index contributed by atoms with van der Waals surface area (Å²) in [6, 6.07) is 6.50. The van der Waals surface area contributed by atoms with Crippen LogP contribution in [0.25, 0.3) is 50.9 Å². The number of aromatic amines is 2. The number of hydrogen-bond donors (Lipinski definition) is 2. The minimum Gasteiger partial charge on any atom is -0.459 e. The molecule has 6 rings (SSSR count). The van der Waals surface area contributed by atoms with Crippen molar-refractivity contribution >= 4 is 85.5 Å². The van der Waals surface area contributed by atoms with Gasteiger partial charge in [-0.2, -0.15) is 0 Å². The average molecular weight is 795 g/mol. The molecule has 1 saturated heterocycles. The van der Waals surface area contributed by atoms with Gasteiger partial charge in [-0.05, 0) is 130 Å². The van der Waals surface area contributed by atoms with E-state index in [-0.39, 0.29) is 40.6 Å². The smallest absolute Gasteiger partial charge is 0.303 e. The Labute approximate surface area is 340 Å². The van der Waals surface area contributed by atoms with Gasteiger partial charge in [-0.1, -0.05) is 52.1 Å². The molecule has 5 atom stereocenters. The number of ether oxygens (including phenoxy) is 2. The monoisotopic (exact) mass is 794 g/mol. The molecule has 3 aliphatic heterocycles. The van der Waals surface area contributed by atoms with Crippen molar-refractivity contribution in [3.8, 4) is 0 Å². The fourth-order valence-corrected chi connectivity index (χ4v) is 10.5. The van der Waals surface area contributed by atoms with Gasteiger partial charge < -0.3 is 19.4 Å². The van der Waals surface area contributed by atoms with E-state index in [1.165, 1.54) is 29.8 Å². The van der Waals surface area contributed by atoms with Crippen LogP contribution in [0.2, 0.25) is 0 Å². The summed E-state index contributed by atoms with van der Waals surface area (Å²) in [7, 11) is 0. The summed E-state index contributed by atoms with van der Waals surface area (Å²) in [5, 5.41) is 0.191. The first-order chi connectivity index (χ1) is 26.8. The summed E-state index contributed by atoms with van der Waals surface area (Å²) >= 11 is 3.24. The van der Waals surface area contributed by atoms with E-state index < -0.39 is 0 Å². The summed E-state index contributed by atoms with van der Waals surface area (Å²) in [5.41, 5.74) is 16.8. The number of rotatable bonds is 12. The number of thioether (sulfide) groups is 2. The molecular weight excluding hydrogens is 737 g/mol. The molecule has 0 amide bonds. The quantitative estimate of drug-likeness (QED) is 0.138. The van der Waals surface area contributed by atoms with E-state index in [2.05, 4.69) is 103 Å². The van der Waals surface area contributed by atoms with Gasteiger partial charge in [0.2, 0.25) is 0 Å². The zero-order chi connectivity index (χ0) is 40.4. The van der Waals surface area contributed by atoms with E-state index in [4.69, 9.17) is 19.4 Å². The maximum Gasteiger partial charge on any atom is 0.303 e. The van der Waals surface area contributed by atoms with Crippen molar-refractivity contribution < 1.29 is 19.1 Å². The second kappa shape index (κ2) is 17.7. The van der Waals surface area contributed by atoms with Crippen LogP contribution in [-0.2, 0) is 25.5 Å². The lowest BCUT2D eigenvalue weighted by Crippen LogP contribution is -2.49. The van der Waals surface area contributed by atoms with Gasteiger partial charge in [0.1, 0.15) is 11.5 Å². The van der Waals surface area contributed by atoms with Gasteiger partial charge in [0.25, 0.3) is 0 Å². The van der Waals surface area contributed by atoms with Crippen molar-refractivity contribution in [1.29, 1.82) is 0 Å². The average Bonchev–Trinajstić information content (AvgIpc) is 3.87. The van der Waals surface area contributed by atoms with Crippen molar-refractivity contribution in [2.24, 2.45) is 11.8 Å². The molecule has 0 aliphatic carbocycles. The SMILES string of the molecule is C=Cc1c(C)c2cc3nc(c(C)c4nc(cc5[nH]c(cc1[nH]2)c(C)c5CC)C(C)=C4)C(CCC(=O)SCCCS[C@@H]1O[C@H](CC)[C@@H](OC(C)=O)[C@H](C)[C@H]1C)=C3C. The molecule has 298 valence electrons. The predicted molar refractivity (Wildman–Crippen MR) is 237 cm³/mol. The molecular formula is C46H58N4O4S2. The van der Waals surface area contributed by atoms with Crippen LogP contribution < -0.4 is 0 Å². The number of aromatic nitrogens is 4. The topological polar surface area (TPSA) is 110 Å². The van der Waals surface area contributed by atoms with E-state index in [0.29, 0.717) is 12.8 Å². The molecule has 8 nitrogen and oxygen atoms in total. The lowest BCUT2D eigenvalue weighted by molar-refractivity contribution is -0.181. The first kappa shape index (κ1) is 41.8. The molecule has 2 N–H and O–H groups in total. The Kier molecular flexibility index (Phi) is 13.2. The summed E-state index contributed by atoms with van der Waals surface area (Å²) in [4.78, 5) is 42.8. The van der Waals surface area contributed by atoms with Crippen molar-refractivity contribution in [3.05, 3.63) is 75.4 Å². The summed E-state index contributed by atoms with van der Waals surface area (Å²) in [5.74, 6) is 1.88. The molecule has 0 aromatic carbocycles. The normalized spacial score (nSPS) is 21.0. The number of hydrogen-bond acceptors (Lipinski definition) is 8. The summed E-state index contributed by atoms with van der Waals surface area (Å²) < 4.78 is 12.1. The van der Waals surface area contributed by atoms with Crippen molar-refractivity contribution in [2.45, 2.75) is 119 Å². The van der Waals surface area contributed by atoms with Crippen LogP contribution in [0.15, 0.2) is 24.8 Å². The van der Waals surface area contributed by atoms with Gasteiger partial charge in [-0.3, -0.25) is 9.59 Å². The van der Waals surface area contributed by atoms with Gasteiger partial charge >= 0.3 is 5.97 Å². The first-order valence-electron chi connectivity index (χ1n) is 20.1. The fraction of sp³-hybridized carbons (Fsp3) is 0.478. The number of allylic oxidation sites excluding steroid dienone is 3. The van der Waals surface area contributed by atoms with Crippen LogP contribution in [0.4, 0.5) is 0 Å².